The first-order valence-electron chi connectivity index (χ1n) is 9.83. The first kappa shape index (κ1) is 24.0. The number of cyclic esters (lactones) is 1. The van der Waals surface area contributed by atoms with Crippen molar-refractivity contribution in [2.45, 2.75) is 33.3 Å². The van der Waals surface area contributed by atoms with Crippen LogP contribution in [-0.2, 0) is 9.53 Å². The summed E-state index contributed by atoms with van der Waals surface area (Å²) in [5.41, 5.74) is 0.873. The second-order valence-corrected chi connectivity index (χ2v) is 8.43. The largest absolute Gasteiger partial charge is 0.490 e. The maximum Gasteiger partial charge on any atom is 0.363 e. The van der Waals surface area contributed by atoms with Gasteiger partial charge in [0.05, 0.1) is 31.8 Å². The van der Waals surface area contributed by atoms with Crippen LogP contribution in [0.2, 0.25) is 5.02 Å². The van der Waals surface area contributed by atoms with E-state index in [1.165, 1.54) is 18.2 Å². The summed E-state index contributed by atoms with van der Waals surface area (Å²) < 4.78 is 17.8. The number of aliphatic imine (C=N–C) groups is 1. The molecule has 0 spiro atoms. The minimum atomic E-state index is -0.651. The smallest absolute Gasteiger partial charge is 0.363 e. The molecule has 1 unspecified atom stereocenters. The average Bonchev–Trinajstić information content (AvgIpc) is 3.10. The molecule has 8 nitrogen and oxygen atoms in total. The molecule has 0 bridgehead atoms. The molecule has 0 radical (unpaired) electrons. The van der Waals surface area contributed by atoms with Gasteiger partial charge in [-0.1, -0.05) is 18.5 Å². The van der Waals surface area contributed by atoms with Gasteiger partial charge in [-0.15, -0.1) is 0 Å². The summed E-state index contributed by atoms with van der Waals surface area (Å²) in [6, 6.07) is 7.48. The van der Waals surface area contributed by atoms with Crippen LogP contribution in [0.5, 0.6) is 11.5 Å². The first-order chi connectivity index (χ1) is 15.2. The SMILES string of the molecule is CCOc1cc(/C=C2\N=C(c3ccc([N+](=O)[O-])cc3Cl)OC2=O)cc(I)c1OC(C)CC. The van der Waals surface area contributed by atoms with E-state index in [0.29, 0.717) is 23.7 Å². The van der Waals surface area contributed by atoms with Gasteiger partial charge < -0.3 is 14.2 Å². The molecular weight excluding hydrogens is 551 g/mol. The fourth-order valence-corrected chi connectivity index (χ4v) is 3.81. The maximum absolute atomic E-state index is 12.4. The van der Waals surface area contributed by atoms with E-state index in [4.69, 9.17) is 25.8 Å². The Labute approximate surface area is 203 Å². The highest BCUT2D eigenvalue weighted by Gasteiger charge is 2.27. The minimum absolute atomic E-state index is 0.0161. The van der Waals surface area contributed by atoms with Crippen LogP contribution in [0, 0.1) is 13.7 Å². The molecule has 0 fully saturated rings. The van der Waals surface area contributed by atoms with Crippen LogP contribution in [0.25, 0.3) is 6.08 Å². The Balaban J connectivity index is 1.96. The molecule has 2 aromatic carbocycles. The Hall–Kier alpha value is -2.66. The summed E-state index contributed by atoms with van der Waals surface area (Å²) >= 11 is 8.29. The molecular formula is C22H20ClIN2O6. The number of carbonyl (C=O) groups is 1. The predicted octanol–water partition coefficient (Wildman–Crippen LogP) is 5.77. The summed E-state index contributed by atoms with van der Waals surface area (Å²) in [7, 11) is 0. The van der Waals surface area contributed by atoms with Gasteiger partial charge in [0.2, 0.25) is 5.90 Å². The molecule has 168 valence electrons. The van der Waals surface area contributed by atoms with Gasteiger partial charge in [-0.25, -0.2) is 9.79 Å². The Bertz CT molecular complexity index is 1130. The van der Waals surface area contributed by atoms with Gasteiger partial charge in [0.1, 0.15) is 0 Å². The quantitative estimate of drug-likeness (QED) is 0.131. The number of nitrogens with zero attached hydrogens (tertiary/aromatic N) is 2. The number of benzene rings is 2. The second-order valence-electron chi connectivity index (χ2n) is 6.86. The Kier molecular flexibility index (Phi) is 7.73. The van der Waals surface area contributed by atoms with Crippen LogP contribution in [0.15, 0.2) is 41.0 Å². The highest BCUT2D eigenvalue weighted by Crippen LogP contribution is 2.36. The number of non-ortho nitro benzene ring substituents is 1. The lowest BCUT2D eigenvalue weighted by atomic mass is 10.1. The van der Waals surface area contributed by atoms with Crippen LogP contribution in [0.4, 0.5) is 5.69 Å². The third-order valence-electron chi connectivity index (χ3n) is 4.54. The molecule has 1 aliphatic rings. The number of halogens is 2. The molecule has 0 aromatic heterocycles. The monoisotopic (exact) mass is 570 g/mol. The zero-order valence-electron chi connectivity index (χ0n) is 17.6. The van der Waals surface area contributed by atoms with Crippen molar-refractivity contribution in [3.63, 3.8) is 0 Å². The summed E-state index contributed by atoms with van der Waals surface area (Å²) in [4.78, 5) is 27.0. The number of hydrogen-bond donors (Lipinski definition) is 0. The average molecular weight is 571 g/mol. The zero-order valence-corrected chi connectivity index (χ0v) is 20.5. The summed E-state index contributed by atoms with van der Waals surface area (Å²) in [5.74, 6) is 0.556. The van der Waals surface area contributed by atoms with E-state index in [9.17, 15) is 14.9 Å². The van der Waals surface area contributed by atoms with Crippen LogP contribution in [-0.4, -0.2) is 29.5 Å². The topological polar surface area (TPSA) is 100 Å². The van der Waals surface area contributed by atoms with Gasteiger partial charge in [0.15, 0.2) is 17.2 Å². The minimum Gasteiger partial charge on any atom is -0.490 e. The van der Waals surface area contributed by atoms with E-state index in [2.05, 4.69) is 27.6 Å². The fourth-order valence-electron chi connectivity index (χ4n) is 2.81. The lowest BCUT2D eigenvalue weighted by molar-refractivity contribution is -0.384. The second kappa shape index (κ2) is 10.3. The van der Waals surface area contributed by atoms with E-state index >= 15 is 0 Å². The molecule has 2 aromatic rings. The van der Waals surface area contributed by atoms with Crippen molar-refractivity contribution in [3.05, 3.63) is 65.9 Å². The Morgan fingerprint density at radius 3 is 2.69 bits per heavy atom. The van der Waals surface area contributed by atoms with E-state index in [0.717, 1.165) is 9.99 Å². The van der Waals surface area contributed by atoms with Gasteiger partial charge in [-0.3, -0.25) is 10.1 Å². The fraction of sp³-hybridized carbons (Fsp3) is 0.273. The van der Waals surface area contributed by atoms with Crippen LogP contribution < -0.4 is 9.47 Å². The summed E-state index contributed by atoms with van der Waals surface area (Å²) in [5, 5.41) is 11.0. The predicted molar refractivity (Wildman–Crippen MR) is 129 cm³/mol. The van der Waals surface area contributed by atoms with E-state index in [1.54, 1.807) is 12.1 Å². The van der Waals surface area contributed by atoms with Gasteiger partial charge in [-0.05, 0) is 72.7 Å². The number of rotatable bonds is 8. The molecule has 0 N–H and O–H groups in total. The van der Waals surface area contributed by atoms with Crippen molar-refractivity contribution < 1.29 is 23.9 Å². The van der Waals surface area contributed by atoms with Gasteiger partial charge in [0, 0.05) is 12.1 Å². The first-order valence-corrected chi connectivity index (χ1v) is 11.3. The molecule has 1 heterocycles. The van der Waals surface area contributed by atoms with Crippen molar-refractivity contribution in [2.75, 3.05) is 6.61 Å². The van der Waals surface area contributed by atoms with Crippen molar-refractivity contribution in [1.82, 2.24) is 0 Å². The third-order valence-corrected chi connectivity index (χ3v) is 5.66. The molecule has 0 aliphatic carbocycles. The number of nitro benzene ring substituents is 1. The van der Waals surface area contributed by atoms with Crippen LogP contribution in [0.1, 0.15) is 38.3 Å². The standard InChI is InChI=1S/C22H20ClIN2O6/c1-4-12(3)31-20-17(24)8-13(10-19(20)30-5-2)9-18-22(27)32-21(25-18)15-7-6-14(26(28)29)11-16(15)23/h6-12H,4-5H2,1-3H3/b18-9-. The van der Waals surface area contributed by atoms with Crippen molar-refractivity contribution >= 4 is 57.8 Å². The maximum atomic E-state index is 12.4. The van der Waals surface area contributed by atoms with Crippen molar-refractivity contribution in [2.24, 2.45) is 4.99 Å². The van der Waals surface area contributed by atoms with Gasteiger partial charge >= 0.3 is 5.97 Å². The number of hydrogen-bond acceptors (Lipinski definition) is 7. The lowest BCUT2D eigenvalue weighted by Crippen LogP contribution is -2.12. The lowest BCUT2D eigenvalue weighted by Gasteiger charge is -2.18. The molecule has 10 heteroatoms. The number of nitro groups is 1. The highest BCUT2D eigenvalue weighted by atomic mass is 127. The molecule has 3 rings (SSSR count). The number of esters is 1. The molecule has 0 saturated heterocycles. The molecule has 32 heavy (non-hydrogen) atoms. The Morgan fingerprint density at radius 1 is 1.31 bits per heavy atom. The van der Waals surface area contributed by atoms with Crippen LogP contribution in [0.3, 0.4) is 0 Å². The highest BCUT2D eigenvalue weighted by molar-refractivity contribution is 14.1. The van der Waals surface area contributed by atoms with Crippen LogP contribution >= 0.6 is 34.2 Å². The van der Waals surface area contributed by atoms with Gasteiger partial charge in [-0.2, -0.15) is 0 Å². The Morgan fingerprint density at radius 2 is 2.06 bits per heavy atom. The number of carbonyl (C=O) groups excluding carboxylic acids is 1. The normalized spacial score (nSPS) is 15.3. The molecule has 0 saturated carbocycles. The summed E-state index contributed by atoms with van der Waals surface area (Å²) in [6.07, 6.45) is 2.45. The zero-order chi connectivity index (χ0) is 23.4. The molecule has 1 aliphatic heterocycles. The van der Waals surface area contributed by atoms with Gasteiger partial charge in [0.25, 0.3) is 5.69 Å². The van der Waals surface area contributed by atoms with E-state index in [1.807, 2.05) is 26.8 Å². The third kappa shape index (κ3) is 5.39. The summed E-state index contributed by atoms with van der Waals surface area (Å²) in [6.45, 7) is 6.35. The molecule has 1 atom stereocenters. The van der Waals surface area contributed by atoms with Crippen molar-refractivity contribution in [1.29, 1.82) is 0 Å². The number of ether oxygens (including phenoxy) is 3. The van der Waals surface area contributed by atoms with E-state index < -0.39 is 10.9 Å². The van der Waals surface area contributed by atoms with E-state index in [-0.39, 0.29) is 34.0 Å². The molecule has 0 amide bonds. The van der Waals surface area contributed by atoms with Crippen molar-refractivity contribution in [3.8, 4) is 11.5 Å².